The Hall–Kier alpha value is -4.19. The van der Waals surface area contributed by atoms with E-state index in [1.165, 1.54) is 0 Å². The lowest BCUT2D eigenvalue weighted by Gasteiger charge is -2.13. The first kappa shape index (κ1) is 21.6. The molecule has 0 amide bonds. The van der Waals surface area contributed by atoms with Crippen LogP contribution in [0.2, 0.25) is 0 Å². The van der Waals surface area contributed by atoms with Crippen molar-refractivity contribution in [2.45, 2.75) is 20.5 Å². The second-order valence-corrected chi connectivity index (χ2v) is 8.07. The Kier molecular flexibility index (Phi) is 5.95. The maximum atomic E-state index is 5.71. The summed E-state index contributed by atoms with van der Waals surface area (Å²) < 4.78 is 18.5. The molecule has 1 aromatic heterocycles. The molecule has 0 saturated carbocycles. The van der Waals surface area contributed by atoms with Gasteiger partial charge in [0.1, 0.15) is 12.4 Å². The van der Waals surface area contributed by atoms with Crippen molar-refractivity contribution in [3.8, 4) is 34.2 Å². The summed E-state index contributed by atoms with van der Waals surface area (Å²) >= 11 is 0. The number of fused-ring (bicyclic) bond motifs is 1. The zero-order valence-corrected chi connectivity index (χ0v) is 19.4. The molecule has 172 valence electrons. The van der Waals surface area contributed by atoms with Crippen LogP contribution in [0.4, 0.5) is 0 Å². The standard InChI is InChI=1S/C28H26N2O4/c1-19(29-34-17-21-12-13-27-28(14-21)33-18-32-27)25-16-26(22-8-7-11-24(15-22)31-3)30(20(25)2)23-9-5-4-6-10-23/h4-16H,17-18H2,1-3H3/b29-19-. The summed E-state index contributed by atoms with van der Waals surface area (Å²) in [4.78, 5) is 5.71. The molecule has 3 aromatic carbocycles. The van der Waals surface area contributed by atoms with Gasteiger partial charge in [-0.15, -0.1) is 0 Å². The zero-order valence-electron chi connectivity index (χ0n) is 19.4. The molecule has 6 nitrogen and oxygen atoms in total. The van der Waals surface area contributed by atoms with Gasteiger partial charge in [-0.2, -0.15) is 0 Å². The highest BCUT2D eigenvalue weighted by Crippen LogP contribution is 2.33. The van der Waals surface area contributed by atoms with E-state index in [4.69, 9.17) is 19.0 Å². The van der Waals surface area contributed by atoms with Crippen molar-refractivity contribution in [2.24, 2.45) is 5.16 Å². The van der Waals surface area contributed by atoms with E-state index in [-0.39, 0.29) is 6.79 Å². The molecule has 1 aliphatic rings. The summed E-state index contributed by atoms with van der Waals surface area (Å²) in [5.74, 6) is 2.31. The average molecular weight is 455 g/mol. The van der Waals surface area contributed by atoms with Crippen LogP contribution in [0.5, 0.6) is 17.2 Å². The maximum Gasteiger partial charge on any atom is 0.231 e. The predicted octanol–water partition coefficient (Wildman–Crippen LogP) is 6.13. The van der Waals surface area contributed by atoms with Gasteiger partial charge in [-0.25, -0.2) is 0 Å². The van der Waals surface area contributed by atoms with E-state index in [9.17, 15) is 0 Å². The van der Waals surface area contributed by atoms with Crippen LogP contribution in [0.25, 0.3) is 16.9 Å². The van der Waals surface area contributed by atoms with Crippen LogP contribution in [-0.4, -0.2) is 24.2 Å². The number of methoxy groups -OCH3 is 1. The quantitative estimate of drug-likeness (QED) is 0.249. The van der Waals surface area contributed by atoms with Crippen molar-refractivity contribution in [3.63, 3.8) is 0 Å². The van der Waals surface area contributed by atoms with E-state index in [1.807, 2.05) is 61.5 Å². The van der Waals surface area contributed by atoms with Gasteiger partial charge in [0.05, 0.1) is 18.5 Å². The molecular formula is C28H26N2O4. The third-order valence-corrected chi connectivity index (χ3v) is 5.89. The Balaban J connectivity index is 1.46. The third-order valence-electron chi connectivity index (χ3n) is 5.89. The van der Waals surface area contributed by atoms with Gasteiger partial charge in [0.25, 0.3) is 0 Å². The molecule has 0 spiro atoms. The Morgan fingerprint density at radius 3 is 2.59 bits per heavy atom. The van der Waals surface area contributed by atoms with Crippen LogP contribution in [0.3, 0.4) is 0 Å². The maximum absolute atomic E-state index is 5.71. The first-order valence-corrected chi connectivity index (χ1v) is 11.1. The van der Waals surface area contributed by atoms with Gasteiger partial charge in [-0.05, 0) is 61.9 Å². The van der Waals surface area contributed by atoms with Gasteiger partial charge in [0.2, 0.25) is 6.79 Å². The lowest BCUT2D eigenvalue weighted by Crippen LogP contribution is -2.02. The molecule has 0 bridgehead atoms. The van der Waals surface area contributed by atoms with Gasteiger partial charge < -0.3 is 23.6 Å². The second-order valence-electron chi connectivity index (χ2n) is 8.07. The number of ether oxygens (including phenoxy) is 3. The summed E-state index contributed by atoms with van der Waals surface area (Å²) in [7, 11) is 1.68. The Morgan fingerprint density at radius 1 is 0.941 bits per heavy atom. The lowest BCUT2D eigenvalue weighted by atomic mass is 10.1. The summed E-state index contributed by atoms with van der Waals surface area (Å²) in [5, 5.41) is 4.43. The Morgan fingerprint density at radius 2 is 1.76 bits per heavy atom. The number of para-hydroxylation sites is 1. The van der Waals surface area contributed by atoms with Gasteiger partial charge in [-0.3, -0.25) is 0 Å². The van der Waals surface area contributed by atoms with Crippen molar-refractivity contribution >= 4 is 5.71 Å². The molecule has 0 fully saturated rings. The second kappa shape index (κ2) is 9.35. The summed E-state index contributed by atoms with van der Waals surface area (Å²) in [6.07, 6.45) is 0. The molecule has 1 aliphatic heterocycles. The highest BCUT2D eigenvalue weighted by molar-refractivity contribution is 6.01. The molecule has 5 rings (SSSR count). The van der Waals surface area contributed by atoms with Crippen molar-refractivity contribution in [2.75, 3.05) is 13.9 Å². The number of rotatable bonds is 7. The minimum atomic E-state index is 0.254. The Bertz CT molecular complexity index is 1340. The number of oxime groups is 1. The number of nitrogens with zero attached hydrogens (tertiary/aromatic N) is 2. The molecule has 0 radical (unpaired) electrons. The first-order valence-electron chi connectivity index (χ1n) is 11.1. The highest BCUT2D eigenvalue weighted by atomic mass is 16.7. The van der Waals surface area contributed by atoms with Crippen LogP contribution >= 0.6 is 0 Å². The van der Waals surface area contributed by atoms with Crippen molar-refractivity contribution in [1.29, 1.82) is 0 Å². The van der Waals surface area contributed by atoms with Crippen molar-refractivity contribution < 1.29 is 19.0 Å². The van der Waals surface area contributed by atoms with Gasteiger partial charge in [-0.1, -0.05) is 41.6 Å². The summed E-state index contributed by atoms with van der Waals surface area (Å²) in [6, 6.07) is 26.3. The van der Waals surface area contributed by atoms with Gasteiger partial charge in [0, 0.05) is 22.5 Å². The molecule has 4 aromatic rings. The molecule has 0 unspecified atom stereocenters. The molecule has 0 saturated heterocycles. The summed E-state index contributed by atoms with van der Waals surface area (Å²) in [5.41, 5.74) is 7.07. The van der Waals surface area contributed by atoms with E-state index in [0.717, 1.165) is 56.7 Å². The van der Waals surface area contributed by atoms with Crippen LogP contribution in [0.15, 0.2) is 84.0 Å². The van der Waals surface area contributed by atoms with Gasteiger partial charge in [0.15, 0.2) is 11.5 Å². The first-order chi connectivity index (χ1) is 16.6. The third kappa shape index (κ3) is 4.22. The number of benzene rings is 3. The molecule has 0 N–H and O–H groups in total. The normalized spacial score (nSPS) is 12.6. The van der Waals surface area contributed by atoms with Crippen LogP contribution in [0.1, 0.15) is 23.7 Å². The molecule has 0 aliphatic carbocycles. The SMILES string of the molecule is COc1cccc(-c2cc(/C(C)=N\OCc3ccc4c(c3)OCO4)c(C)n2-c2ccccc2)c1. The minimum absolute atomic E-state index is 0.254. The van der Waals surface area contributed by atoms with E-state index in [2.05, 4.69) is 40.9 Å². The molecule has 6 heteroatoms. The minimum Gasteiger partial charge on any atom is -0.497 e. The fourth-order valence-electron chi connectivity index (χ4n) is 4.16. The smallest absolute Gasteiger partial charge is 0.231 e. The Labute approximate surface area is 199 Å². The van der Waals surface area contributed by atoms with E-state index < -0.39 is 0 Å². The fraction of sp³-hybridized carbons (Fsp3) is 0.179. The van der Waals surface area contributed by atoms with Crippen LogP contribution < -0.4 is 14.2 Å². The molecule has 2 heterocycles. The largest absolute Gasteiger partial charge is 0.497 e. The van der Waals surface area contributed by atoms with Crippen LogP contribution in [-0.2, 0) is 11.4 Å². The summed E-state index contributed by atoms with van der Waals surface area (Å²) in [6.45, 7) is 4.66. The molecular weight excluding hydrogens is 428 g/mol. The predicted molar refractivity (Wildman–Crippen MR) is 132 cm³/mol. The van der Waals surface area contributed by atoms with E-state index in [1.54, 1.807) is 7.11 Å². The highest BCUT2D eigenvalue weighted by Gasteiger charge is 2.18. The average Bonchev–Trinajstić information content (AvgIpc) is 3.48. The zero-order chi connectivity index (χ0) is 23.5. The molecule has 34 heavy (non-hydrogen) atoms. The topological polar surface area (TPSA) is 54.2 Å². The van der Waals surface area contributed by atoms with Crippen molar-refractivity contribution in [3.05, 3.63) is 95.7 Å². The number of hydrogen-bond acceptors (Lipinski definition) is 5. The monoisotopic (exact) mass is 454 g/mol. The number of aromatic nitrogens is 1. The molecule has 0 atom stereocenters. The fourth-order valence-corrected chi connectivity index (χ4v) is 4.16. The van der Waals surface area contributed by atoms with E-state index in [0.29, 0.717) is 6.61 Å². The van der Waals surface area contributed by atoms with E-state index >= 15 is 0 Å². The lowest BCUT2D eigenvalue weighted by molar-refractivity contribution is 0.130. The van der Waals surface area contributed by atoms with Crippen LogP contribution in [0, 0.1) is 6.92 Å². The van der Waals surface area contributed by atoms with Crippen molar-refractivity contribution in [1.82, 2.24) is 4.57 Å². The van der Waals surface area contributed by atoms with Gasteiger partial charge >= 0.3 is 0 Å². The number of hydrogen-bond donors (Lipinski definition) is 0.